The predicted molar refractivity (Wildman–Crippen MR) is 147 cm³/mol. The van der Waals surface area contributed by atoms with E-state index in [9.17, 15) is 8.42 Å². The maximum absolute atomic E-state index is 13.3. The second-order valence-electron chi connectivity index (χ2n) is 10.0. The predicted octanol–water partition coefficient (Wildman–Crippen LogP) is 4.66. The van der Waals surface area contributed by atoms with Gasteiger partial charge in [-0.15, -0.1) is 0 Å². The van der Waals surface area contributed by atoms with Crippen molar-refractivity contribution in [1.29, 1.82) is 0 Å². The van der Waals surface area contributed by atoms with Crippen LogP contribution in [0.5, 0.6) is 5.75 Å². The number of allylic oxidation sites excluding steroid dienone is 2. The van der Waals surface area contributed by atoms with Crippen LogP contribution in [0.15, 0.2) is 67.6 Å². The Morgan fingerprint density at radius 1 is 1.16 bits per heavy atom. The molecule has 2 aromatic heterocycles. The molecule has 0 amide bonds. The lowest BCUT2D eigenvalue weighted by Gasteiger charge is -2.34. The standard InChI is InChI=1S/C28H35N5O3S/c1-3-21(19-31(2)29)27-20-33(37(34,35)36-25-9-5-4-6-10-25)28-26(27)17-23(18-30-28)22-11-13-24(14-12-22)32-15-7-8-16-32/h3-6,9-10,17-20,22,24H,1,7-8,11-16,29H2,2H3/b21-19+. The highest BCUT2D eigenvalue weighted by Gasteiger charge is 2.29. The molecule has 9 heteroatoms. The first-order valence-corrected chi connectivity index (χ1v) is 14.3. The molecule has 196 valence electrons. The zero-order valence-electron chi connectivity index (χ0n) is 21.3. The SMILES string of the molecule is C=C/C(=C\N(C)N)c1cn(S(=O)(=O)Oc2ccccc2)c2ncc(C3CCC(N4CCCC4)CC3)cc12. The van der Waals surface area contributed by atoms with Crippen molar-refractivity contribution in [3.05, 3.63) is 78.8 Å². The summed E-state index contributed by atoms with van der Waals surface area (Å²) in [5, 5.41) is 2.15. The summed E-state index contributed by atoms with van der Waals surface area (Å²) < 4.78 is 33.2. The highest BCUT2D eigenvalue weighted by molar-refractivity contribution is 7.85. The van der Waals surface area contributed by atoms with E-state index in [-0.39, 0.29) is 5.75 Å². The Morgan fingerprint density at radius 2 is 1.86 bits per heavy atom. The van der Waals surface area contributed by atoms with E-state index in [4.69, 9.17) is 10.0 Å². The van der Waals surface area contributed by atoms with E-state index in [0.29, 0.717) is 28.7 Å². The van der Waals surface area contributed by atoms with Gasteiger partial charge in [-0.3, -0.25) is 0 Å². The number of para-hydroxylation sites is 1. The van der Waals surface area contributed by atoms with Crippen LogP contribution < -0.4 is 10.0 Å². The van der Waals surface area contributed by atoms with Crippen molar-refractivity contribution in [1.82, 2.24) is 18.9 Å². The lowest BCUT2D eigenvalue weighted by molar-refractivity contribution is 0.182. The third-order valence-corrected chi connectivity index (χ3v) is 8.68. The fourth-order valence-corrected chi connectivity index (χ4v) is 6.72. The van der Waals surface area contributed by atoms with Crippen LogP contribution in [-0.4, -0.2) is 53.5 Å². The number of pyridine rings is 1. The summed E-state index contributed by atoms with van der Waals surface area (Å²) in [6.07, 6.45) is 14.0. The minimum absolute atomic E-state index is 0.235. The topological polar surface area (TPSA) is 93.7 Å². The number of nitrogens with zero attached hydrogens (tertiary/aromatic N) is 4. The average Bonchev–Trinajstić information content (AvgIpc) is 3.56. The van der Waals surface area contributed by atoms with E-state index in [0.717, 1.165) is 27.8 Å². The Kier molecular flexibility index (Phi) is 7.37. The van der Waals surface area contributed by atoms with Crippen molar-refractivity contribution in [3.63, 3.8) is 0 Å². The summed E-state index contributed by atoms with van der Waals surface area (Å²) in [4.78, 5) is 7.31. The van der Waals surface area contributed by atoms with Crippen LogP contribution in [0.3, 0.4) is 0 Å². The summed E-state index contributed by atoms with van der Waals surface area (Å²) in [6, 6.07) is 11.2. The summed E-state index contributed by atoms with van der Waals surface area (Å²) in [6.45, 7) is 6.38. The van der Waals surface area contributed by atoms with Crippen molar-refractivity contribution < 1.29 is 12.6 Å². The van der Waals surface area contributed by atoms with Gasteiger partial charge in [-0.2, -0.15) is 12.4 Å². The van der Waals surface area contributed by atoms with Crippen molar-refractivity contribution in [3.8, 4) is 5.75 Å². The number of fused-ring (bicyclic) bond motifs is 1. The summed E-state index contributed by atoms with van der Waals surface area (Å²) in [5.41, 5.74) is 2.83. The first kappa shape index (κ1) is 25.5. The Morgan fingerprint density at radius 3 is 2.51 bits per heavy atom. The molecule has 1 saturated heterocycles. The number of benzene rings is 1. The molecule has 1 aliphatic heterocycles. The van der Waals surface area contributed by atoms with Gasteiger partial charge in [0.15, 0.2) is 5.65 Å². The van der Waals surface area contributed by atoms with Gasteiger partial charge >= 0.3 is 10.3 Å². The van der Waals surface area contributed by atoms with Gasteiger partial charge in [-0.25, -0.2) is 10.8 Å². The van der Waals surface area contributed by atoms with E-state index in [1.54, 1.807) is 55.9 Å². The molecule has 37 heavy (non-hydrogen) atoms. The van der Waals surface area contributed by atoms with Gasteiger partial charge in [-0.05, 0) is 81.3 Å². The first-order valence-electron chi connectivity index (χ1n) is 12.9. The molecule has 0 radical (unpaired) electrons. The van der Waals surface area contributed by atoms with Crippen LogP contribution in [0.1, 0.15) is 55.6 Å². The number of rotatable bonds is 8. The van der Waals surface area contributed by atoms with Gasteiger partial charge < -0.3 is 14.1 Å². The van der Waals surface area contributed by atoms with Crippen LogP contribution in [0.25, 0.3) is 16.6 Å². The number of hydrazine groups is 1. The van der Waals surface area contributed by atoms with Crippen LogP contribution in [0.2, 0.25) is 0 Å². The third kappa shape index (κ3) is 5.44. The van der Waals surface area contributed by atoms with Gasteiger partial charge in [0.2, 0.25) is 0 Å². The molecule has 3 aromatic rings. The first-order chi connectivity index (χ1) is 17.9. The molecule has 0 atom stereocenters. The third-order valence-electron chi connectivity index (χ3n) is 7.52. The Balaban J connectivity index is 1.51. The number of hydrogen-bond donors (Lipinski definition) is 1. The molecular formula is C28H35N5O3S. The largest absolute Gasteiger partial charge is 0.415 e. The second-order valence-corrected chi connectivity index (χ2v) is 11.5. The minimum Gasteiger partial charge on any atom is -0.366 e. The Hall–Kier alpha value is -3.14. The quantitative estimate of drug-likeness (QED) is 0.262. The molecule has 8 nitrogen and oxygen atoms in total. The molecule has 5 rings (SSSR count). The highest BCUT2D eigenvalue weighted by Crippen LogP contribution is 2.38. The van der Waals surface area contributed by atoms with Gasteiger partial charge in [0.1, 0.15) is 5.75 Å². The van der Waals surface area contributed by atoms with Crippen molar-refractivity contribution >= 4 is 26.9 Å². The van der Waals surface area contributed by atoms with Crippen LogP contribution in [0.4, 0.5) is 0 Å². The van der Waals surface area contributed by atoms with E-state index in [1.807, 2.05) is 6.20 Å². The Labute approximate surface area is 219 Å². The monoisotopic (exact) mass is 521 g/mol. The van der Waals surface area contributed by atoms with Crippen LogP contribution in [-0.2, 0) is 10.3 Å². The maximum atomic E-state index is 13.3. The van der Waals surface area contributed by atoms with Crippen LogP contribution >= 0.6 is 0 Å². The fraction of sp³-hybridized carbons (Fsp3) is 0.393. The van der Waals surface area contributed by atoms with E-state index in [2.05, 4.69) is 22.5 Å². The lowest BCUT2D eigenvalue weighted by atomic mass is 9.81. The summed E-state index contributed by atoms with van der Waals surface area (Å²) in [5.74, 6) is 6.53. The lowest BCUT2D eigenvalue weighted by Crippen LogP contribution is -2.35. The Bertz CT molecular complexity index is 1380. The molecular weight excluding hydrogens is 486 g/mol. The zero-order chi connectivity index (χ0) is 26.0. The number of hydrogen-bond acceptors (Lipinski definition) is 7. The van der Waals surface area contributed by atoms with E-state index >= 15 is 0 Å². The van der Waals surface area contributed by atoms with Gasteiger partial charge in [-0.1, -0.05) is 30.9 Å². The second kappa shape index (κ2) is 10.7. The van der Waals surface area contributed by atoms with E-state index < -0.39 is 10.3 Å². The number of nitrogens with two attached hydrogens (primary N) is 1. The molecule has 2 aliphatic rings. The molecule has 0 unspecified atom stereocenters. The summed E-state index contributed by atoms with van der Waals surface area (Å²) >= 11 is 0. The molecule has 1 aliphatic carbocycles. The number of likely N-dealkylation sites (tertiary alicyclic amines) is 1. The molecule has 2 N–H and O–H groups in total. The highest BCUT2D eigenvalue weighted by atomic mass is 32.2. The zero-order valence-corrected chi connectivity index (χ0v) is 22.1. The number of aromatic nitrogens is 2. The molecule has 0 bridgehead atoms. The van der Waals surface area contributed by atoms with Gasteiger partial charge in [0.25, 0.3) is 0 Å². The average molecular weight is 522 g/mol. The normalized spacial score (nSPS) is 21.3. The van der Waals surface area contributed by atoms with Crippen molar-refractivity contribution in [2.75, 3.05) is 20.1 Å². The van der Waals surface area contributed by atoms with Crippen molar-refractivity contribution in [2.45, 2.75) is 50.5 Å². The maximum Gasteiger partial charge on any atom is 0.415 e. The molecule has 2 fully saturated rings. The molecule has 3 heterocycles. The van der Waals surface area contributed by atoms with E-state index in [1.165, 1.54) is 43.8 Å². The molecule has 1 saturated carbocycles. The van der Waals surface area contributed by atoms with Gasteiger partial charge in [0, 0.05) is 48.2 Å². The fourth-order valence-electron chi connectivity index (χ4n) is 5.69. The summed E-state index contributed by atoms with van der Waals surface area (Å²) in [7, 11) is -2.49. The van der Waals surface area contributed by atoms with Crippen molar-refractivity contribution in [2.24, 2.45) is 5.84 Å². The molecule has 1 aromatic carbocycles. The van der Waals surface area contributed by atoms with Crippen LogP contribution in [0, 0.1) is 0 Å². The minimum atomic E-state index is -4.20. The smallest absolute Gasteiger partial charge is 0.366 e. The molecule has 0 spiro atoms. The van der Waals surface area contributed by atoms with Gasteiger partial charge in [0.05, 0.1) is 0 Å².